The Labute approximate surface area is 177 Å². The molecular formula is C22H23FN2O4S. The molecule has 2 aliphatic heterocycles. The number of ether oxygens (including phenoxy) is 1. The van der Waals surface area contributed by atoms with Gasteiger partial charge in [0, 0.05) is 32.5 Å². The monoisotopic (exact) mass is 430 g/mol. The van der Waals surface area contributed by atoms with E-state index in [4.69, 9.17) is 4.74 Å². The van der Waals surface area contributed by atoms with E-state index in [0.29, 0.717) is 37.2 Å². The summed E-state index contributed by atoms with van der Waals surface area (Å²) in [6.07, 6.45) is 0.857. The average Bonchev–Trinajstić information content (AvgIpc) is 2.97. The second-order valence-corrected chi connectivity index (χ2v) is 9.27. The Bertz CT molecular complexity index is 961. The molecule has 2 aromatic carbocycles. The summed E-state index contributed by atoms with van der Waals surface area (Å²) >= 11 is 0. The van der Waals surface area contributed by atoms with Crippen LogP contribution in [0.25, 0.3) is 0 Å². The third-order valence-corrected chi connectivity index (χ3v) is 7.69. The van der Waals surface area contributed by atoms with E-state index in [1.165, 1.54) is 12.1 Å². The summed E-state index contributed by atoms with van der Waals surface area (Å²) in [5.41, 5.74) is 0.663. The van der Waals surface area contributed by atoms with Crippen molar-refractivity contribution in [3.05, 3.63) is 66.0 Å². The Morgan fingerprint density at radius 2 is 1.83 bits per heavy atom. The lowest BCUT2D eigenvalue weighted by molar-refractivity contribution is -0.137. The molecule has 2 amide bonds. The number of piperidine rings is 1. The molecule has 2 saturated heterocycles. The van der Waals surface area contributed by atoms with Gasteiger partial charge in [-0.1, -0.05) is 30.3 Å². The summed E-state index contributed by atoms with van der Waals surface area (Å²) in [7, 11) is -1.36. The molecule has 4 rings (SSSR count). The van der Waals surface area contributed by atoms with E-state index in [0.717, 1.165) is 0 Å². The van der Waals surface area contributed by atoms with E-state index < -0.39 is 15.7 Å². The number of likely N-dealkylation sites (tertiary alicyclic amines) is 1. The predicted molar refractivity (Wildman–Crippen MR) is 110 cm³/mol. The van der Waals surface area contributed by atoms with Crippen LogP contribution in [0.15, 0.2) is 54.6 Å². The molecule has 8 heteroatoms. The highest BCUT2D eigenvalue weighted by molar-refractivity contribution is 7.87. The fourth-order valence-electron chi connectivity index (χ4n) is 4.08. The SMILES string of the molecule is O=C(COc1ccccc1)N1CCC2(CC1)N(Cc1cccc(F)c1)C(=O)CS2=O. The van der Waals surface area contributed by atoms with Crippen molar-refractivity contribution in [2.24, 2.45) is 0 Å². The van der Waals surface area contributed by atoms with Gasteiger partial charge < -0.3 is 14.5 Å². The minimum absolute atomic E-state index is 0.0274. The summed E-state index contributed by atoms with van der Waals surface area (Å²) in [6.45, 7) is 0.949. The highest BCUT2D eigenvalue weighted by atomic mass is 32.2. The van der Waals surface area contributed by atoms with Crippen LogP contribution < -0.4 is 4.74 Å². The summed E-state index contributed by atoms with van der Waals surface area (Å²) in [5.74, 6) is -0.0954. The number of para-hydroxylation sites is 1. The molecule has 2 aliphatic rings. The summed E-state index contributed by atoms with van der Waals surface area (Å²) in [4.78, 5) is 27.6. The lowest BCUT2D eigenvalue weighted by atomic mass is 10.0. The quantitative estimate of drug-likeness (QED) is 0.730. The Morgan fingerprint density at radius 1 is 1.10 bits per heavy atom. The number of hydrogen-bond acceptors (Lipinski definition) is 4. The molecule has 1 unspecified atom stereocenters. The average molecular weight is 431 g/mol. The third kappa shape index (κ3) is 4.09. The number of halogens is 1. The number of hydrogen-bond donors (Lipinski definition) is 0. The number of nitrogens with zero attached hydrogens (tertiary/aromatic N) is 2. The number of amides is 2. The van der Waals surface area contributed by atoms with E-state index in [1.807, 2.05) is 18.2 Å². The Balaban J connectivity index is 1.41. The van der Waals surface area contributed by atoms with Gasteiger partial charge in [-0.25, -0.2) is 4.39 Å². The lowest BCUT2D eigenvalue weighted by Gasteiger charge is -2.43. The highest BCUT2D eigenvalue weighted by Gasteiger charge is 2.53. The maximum atomic E-state index is 13.6. The van der Waals surface area contributed by atoms with Gasteiger partial charge in [-0.2, -0.15) is 0 Å². The molecule has 30 heavy (non-hydrogen) atoms. The summed E-state index contributed by atoms with van der Waals surface area (Å²) in [6, 6.07) is 15.2. The van der Waals surface area contributed by atoms with Crippen molar-refractivity contribution in [2.45, 2.75) is 24.3 Å². The molecule has 158 valence electrons. The standard InChI is InChI=1S/C22H23FN2O4S/c23-18-6-4-5-17(13-18)14-25-21(27)16-30(28)22(25)9-11-24(12-10-22)20(26)15-29-19-7-2-1-3-8-19/h1-8,13H,9-12,14-16H2. The van der Waals surface area contributed by atoms with Crippen molar-refractivity contribution in [3.63, 3.8) is 0 Å². The Hall–Kier alpha value is -2.74. The summed E-state index contributed by atoms with van der Waals surface area (Å²) < 4.78 is 32.0. The minimum Gasteiger partial charge on any atom is -0.484 e. The Morgan fingerprint density at radius 3 is 2.53 bits per heavy atom. The van der Waals surface area contributed by atoms with E-state index in [1.54, 1.807) is 34.1 Å². The largest absolute Gasteiger partial charge is 0.484 e. The van der Waals surface area contributed by atoms with E-state index in [2.05, 4.69) is 0 Å². The van der Waals surface area contributed by atoms with E-state index >= 15 is 0 Å². The normalized spacial score (nSPS) is 20.6. The van der Waals surface area contributed by atoms with Gasteiger partial charge in [0.15, 0.2) is 6.61 Å². The zero-order chi connectivity index (χ0) is 21.1. The molecule has 0 N–H and O–H groups in total. The number of benzene rings is 2. The second-order valence-electron chi connectivity index (χ2n) is 7.53. The van der Waals surface area contributed by atoms with Gasteiger partial charge in [0.2, 0.25) is 5.91 Å². The molecule has 0 saturated carbocycles. The molecule has 1 atom stereocenters. The van der Waals surface area contributed by atoms with Gasteiger partial charge in [0.1, 0.15) is 22.2 Å². The fourth-order valence-corrected chi connectivity index (χ4v) is 5.78. The topological polar surface area (TPSA) is 66.9 Å². The summed E-state index contributed by atoms with van der Waals surface area (Å²) in [5, 5.41) is 0. The van der Waals surface area contributed by atoms with E-state index in [-0.39, 0.29) is 36.5 Å². The van der Waals surface area contributed by atoms with Crippen molar-refractivity contribution in [1.29, 1.82) is 0 Å². The number of carbonyl (C=O) groups excluding carboxylic acids is 2. The molecule has 6 nitrogen and oxygen atoms in total. The lowest BCUT2D eigenvalue weighted by Crippen LogP contribution is -2.55. The van der Waals surface area contributed by atoms with Gasteiger partial charge in [0.05, 0.1) is 10.8 Å². The van der Waals surface area contributed by atoms with Gasteiger partial charge in [-0.05, 0) is 29.8 Å². The van der Waals surface area contributed by atoms with Crippen LogP contribution in [0.4, 0.5) is 4.39 Å². The molecule has 0 radical (unpaired) electrons. The number of carbonyl (C=O) groups is 2. The van der Waals surface area contributed by atoms with Crippen molar-refractivity contribution in [1.82, 2.24) is 9.80 Å². The minimum atomic E-state index is -1.36. The van der Waals surface area contributed by atoms with Gasteiger partial charge in [-0.15, -0.1) is 0 Å². The van der Waals surface area contributed by atoms with Crippen molar-refractivity contribution in [2.75, 3.05) is 25.4 Å². The molecule has 0 bridgehead atoms. The molecule has 2 heterocycles. The zero-order valence-corrected chi connectivity index (χ0v) is 17.3. The van der Waals surface area contributed by atoms with Crippen LogP contribution in [0.1, 0.15) is 18.4 Å². The second kappa shape index (κ2) is 8.55. The Kier molecular flexibility index (Phi) is 5.85. The van der Waals surface area contributed by atoms with Crippen molar-refractivity contribution < 1.29 is 22.9 Å². The van der Waals surface area contributed by atoms with Crippen LogP contribution in [-0.2, 0) is 26.9 Å². The van der Waals surface area contributed by atoms with Crippen molar-refractivity contribution >= 4 is 22.6 Å². The first-order valence-electron chi connectivity index (χ1n) is 9.87. The predicted octanol–water partition coefficient (Wildman–Crippen LogP) is 2.31. The first-order valence-corrected chi connectivity index (χ1v) is 11.2. The first kappa shape index (κ1) is 20.5. The fraction of sp³-hybridized carbons (Fsp3) is 0.364. The van der Waals surface area contributed by atoms with E-state index in [9.17, 15) is 18.2 Å². The van der Waals surface area contributed by atoms with Crippen LogP contribution in [0.5, 0.6) is 5.75 Å². The van der Waals surface area contributed by atoms with Gasteiger partial charge in [-0.3, -0.25) is 13.8 Å². The van der Waals surface area contributed by atoms with Crippen LogP contribution in [-0.4, -0.2) is 56.1 Å². The molecule has 0 aromatic heterocycles. The number of rotatable bonds is 5. The van der Waals surface area contributed by atoms with Crippen LogP contribution in [0.2, 0.25) is 0 Å². The highest BCUT2D eigenvalue weighted by Crippen LogP contribution is 2.38. The molecule has 2 fully saturated rings. The molecule has 1 spiro atoms. The van der Waals surface area contributed by atoms with Crippen LogP contribution in [0.3, 0.4) is 0 Å². The van der Waals surface area contributed by atoms with Gasteiger partial charge in [0.25, 0.3) is 5.91 Å². The molecular weight excluding hydrogens is 407 g/mol. The zero-order valence-electron chi connectivity index (χ0n) is 16.5. The molecule has 0 aliphatic carbocycles. The molecule has 2 aromatic rings. The van der Waals surface area contributed by atoms with Crippen LogP contribution >= 0.6 is 0 Å². The van der Waals surface area contributed by atoms with Crippen LogP contribution in [0, 0.1) is 5.82 Å². The first-order chi connectivity index (χ1) is 14.5. The smallest absolute Gasteiger partial charge is 0.260 e. The van der Waals surface area contributed by atoms with Crippen molar-refractivity contribution in [3.8, 4) is 5.75 Å². The maximum absolute atomic E-state index is 13.6. The third-order valence-electron chi connectivity index (χ3n) is 5.70. The van der Waals surface area contributed by atoms with Gasteiger partial charge >= 0.3 is 0 Å². The maximum Gasteiger partial charge on any atom is 0.260 e.